The van der Waals surface area contributed by atoms with Crippen molar-refractivity contribution in [3.05, 3.63) is 18.5 Å². The molecular weight excluding hydrogens is 286 g/mol. The molecule has 2 unspecified atom stereocenters. The van der Waals surface area contributed by atoms with Crippen LogP contribution in [-0.4, -0.2) is 55.4 Å². The predicted molar refractivity (Wildman–Crippen MR) is 85.2 cm³/mol. The number of hydrogen-bond acceptors (Lipinski definition) is 7. The van der Waals surface area contributed by atoms with Crippen LogP contribution in [0.2, 0.25) is 0 Å². The standard InChI is InChI=1S/C13H19N7S/c1-9-10(2)21-8-7-19(9)12-16-11(14-3)17-13(18-12)20-6-4-5-15-20/h4-6,9-10H,7-8H2,1-3H3,(H,14,16,17,18). The first kappa shape index (κ1) is 14.1. The highest BCUT2D eigenvalue weighted by Gasteiger charge is 2.28. The van der Waals surface area contributed by atoms with Gasteiger partial charge in [-0.1, -0.05) is 6.92 Å². The Hall–Kier alpha value is -1.83. The minimum Gasteiger partial charge on any atom is -0.357 e. The quantitative estimate of drug-likeness (QED) is 0.919. The van der Waals surface area contributed by atoms with Gasteiger partial charge in [0, 0.05) is 43.0 Å². The van der Waals surface area contributed by atoms with Crippen molar-refractivity contribution in [2.75, 3.05) is 29.6 Å². The number of nitrogens with one attached hydrogen (secondary N) is 1. The third-order valence-electron chi connectivity index (χ3n) is 3.69. The fourth-order valence-electron chi connectivity index (χ4n) is 2.30. The maximum atomic E-state index is 4.59. The van der Waals surface area contributed by atoms with Gasteiger partial charge in [-0.15, -0.1) is 0 Å². The third-order valence-corrected chi connectivity index (χ3v) is 5.02. The van der Waals surface area contributed by atoms with Gasteiger partial charge < -0.3 is 10.2 Å². The second-order valence-corrected chi connectivity index (χ2v) is 6.45. The van der Waals surface area contributed by atoms with Crippen molar-refractivity contribution in [2.24, 2.45) is 0 Å². The van der Waals surface area contributed by atoms with Crippen molar-refractivity contribution in [1.29, 1.82) is 0 Å². The SMILES string of the molecule is CNc1nc(N2CCSC(C)C2C)nc(-n2cccn2)n1. The van der Waals surface area contributed by atoms with Crippen LogP contribution < -0.4 is 10.2 Å². The van der Waals surface area contributed by atoms with Gasteiger partial charge in [0.15, 0.2) is 0 Å². The van der Waals surface area contributed by atoms with Crippen LogP contribution in [0.25, 0.3) is 5.95 Å². The Morgan fingerprint density at radius 1 is 1.24 bits per heavy atom. The van der Waals surface area contributed by atoms with E-state index in [-0.39, 0.29) is 0 Å². The van der Waals surface area contributed by atoms with E-state index < -0.39 is 0 Å². The summed E-state index contributed by atoms with van der Waals surface area (Å²) >= 11 is 1.99. The lowest BCUT2D eigenvalue weighted by Crippen LogP contribution is -2.45. The van der Waals surface area contributed by atoms with Crippen LogP contribution in [-0.2, 0) is 0 Å². The Balaban J connectivity index is 1.99. The molecule has 2 aromatic heterocycles. The topological polar surface area (TPSA) is 71.8 Å². The van der Waals surface area contributed by atoms with Gasteiger partial charge in [-0.05, 0) is 13.0 Å². The van der Waals surface area contributed by atoms with E-state index in [1.807, 2.05) is 31.1 Å². The fourth-order valence-corrected chi connectivity index (χ4v) is 3.40. The zero-order chi connectivity index (χ0) is 14.8. The van der Waals surface area contributed by atoms with Gasteiger partial charge in [-0.3, -0.25) is 0 Å². The van der Waals surface area contributed by atoms with Crippen LogP contribution >= 0.6 is 11.8 Å². The summed E-state index contributed by atoms with van der Waals surface area (Å²) in [5, 5.41) is 7.75. The Morgan fingerprint density at radius 2 is 2.05 bits per heavy atom. The van der Waals surface area contributed by atoms with Crippen molar-refractivity contribution in [3.63, 3.8) is 0 Å². The van der Waals surface area contributed by atoms with E-state index in [9.17, 15) is 0 Å². The second-order valence-electron chi connectivity index (χ2n) is 4.97. The molecule has 3 heterocycles. The summed E-state index contributed by atoms with van der Waals surface area (Å²) in [5.74, 6) is 2.89. The summed E-state index contributed by atoms with van der Waals surface area (Å²) in [6, 6.07) is 2.24. The van der Waals surface area contributed by atoms with E-state index in [2.05, 4.69) is 44.1 Å². The molecule has 7 nitrogen and oxygen atoms in total. The number of nitrogens with zero attached hydrogens (tertiary/aromatic N) is 6. The molecule has 112 valence electrons. The summed E-state index contributed by atoms with van der Waals surface area (Å²) in [6.45, 7) is 5.41. The van der Waals surface area contributed by atoms with Gasteiger partial charge in [0.2, 0.25) is 11.9 Å². The molecular formula is C13H19N7S. The molecule has 1 aliphatic rings. The lowest BCUT2D eigenvalue weighted by atomic mass is 10.2. The molecule has 0 saturated carbocycles. The summed E-state index contributed by atoms with van der Waals surface area (Å²) in [5.41, 5.74) is 0. The number of thioether (sulfide) groups is 1. The van der Waals surface area contributed by atoms with Crippen LogP contribution in [0.4, 0.5) is 11.9 Å². The Bertz CT molecular complexity index is 601. The monoisotopic (exact) mass is 305 g/mol. The van der Waals surface area contributed by atoms with Gasteiger partial charge in [0.25, 0.3) is 5.95 Å². The van der Waals surface area contributed by atoms with E-state index in [0.29, 0.717) is 29.1 Å². The molecule has 8 heteroatoms. The largest absolute Gasteiger partial charge is 0.357 e. The molecule has 0 amide bonds. The predicted octanol–water partition coefficient (Wildman–Crippen LogP) is 1.43. The highest BCUT2D eigenvalue weighted by atomic mass is 32.2. The van der Waals surface area contributed by atoms with E-state index in [1.165, 1.54) is 0 Å². The van der Waals surface area contributed by atoms with Gasteiger partial charge in [0.05, 0.1) is 0 Å². The molecule has 21 heavy (non-hydrogen) atoms. The number of hydrogen-bond donors (Lipinski definition) is 1. The Kier molecular flexibility index (Phi) is 3.96. The van der Waals surface area contributed by atoms with E-state index in [1.54, 1.807) is 10.9 Å². The summed E-state index contributed by atoms with van der Waals surface area (Å²) in [6.07, 6.45) is 3.54. The highest BCUT2D eigenvalue weighted by molar-refractivity contribution is 8.00. The van der Waals surface area contributed by atoms with Gasteiger partial charge in [0.1, 0.15) is 0 Å². The molecule has 1 aliphatic heterocycles. The molecule has 1 N–H and O–H groups in total. The lowest BCUT2D eigenvalue weighted by molar-refractivity contribution is 0.608. The number of anilines is 2. The van der Waals surface area contributed by atoms with Crippen molar-refractivity contribution in [1.82, 2.24) is 24.7 Å². The van der Waals surface area contributed by atoms with Gasteiger partial charge in [-0.25, -0.2) is 4.68 Å². The van der Waals surface area contributed by atoms with Crippen molar-refractivity contribution < 1.29 is 0 Å². The first-order chi connectivity index (χ1) is 10.2. The van der Waals surface area contributed by atoms with Crippen LogP contribution in [0.15, 0.2) is 18.5 Å². The van der Waals surface area contributed by atoms with Crippen LogP contribution in [0, 0.1) is 0 Å². The first-order valence-corrected chi connectivity index (χ1v) is 8.06. The van der Waals surface area contributed by atoms with Crippen LogP contribution in [0.5, 0.6) is 0 Å². The van der Waals surface area contributed by atoms with E-state index in [0.717, 1.165) is 12.3 Å². The molecule has 2 aromatic rings. The zero-order valence-corrected chi connectivity index (χ0v) is 13.2. The van der Waals surface area contributed by atoms with E-state index >= 15 is 0 Å². The molecule has 0 aliphatic carbocycles. The van der Waals surface area contributed by atoms with Crippen molar-refractivity contribution in [3.8, 4) is 5.95 Å². The molecule has 0 radical (unpaired) electrons. The normalized spacial score (nSPS) is 22.3. The Labute approximate surface area is 128 Å². The molecule has 0 bridgehead atoms. The minimum atomic E-state index is 0.390. The highest BCUT2D eigenvalue weighted by Crippen LogP contribution is 2.27. The van der Waals surface area contributed by atoms with Gasteiger partial charge in [-0.2, -0.15) is 31.8 Å². The molecule has 2 atom stereocenters. The van der Waals surface area contributed by atoms with Crippen LogP contribution in [0.3, 0.4) is 0 Å². The lowest BCUT2D eigenvalue weighted by Gasteiger charge is -2.37. The molecule has 1 saturated heterocycles. The molecule has 1 fully saturated rings. The number of rotatable bonds is 3. The zero-order valence-electron chi connectivity index (χ0n) is 12.4. The summed E-state index contributed by atoms with van der Waals surface area (Å²) in [7, 11) is 1.81. The molecule has 0 spiro atoms. The summed E-state index contributed by atoms with van der Waals surface area (Å²) in [4.78, 5) is 15.7. The number of aromatic nitrogens is 5. The minimum absolute atomic E-state index is 0.390. The van der Waals surface area contributed by atoms with Crippen LogP contribution in [0.1, 0.15) is 13.8 Å². The molecule has 0 aromatic carbocycles. The smallest absolute Gasteiger partial charge is 0.257 e. The average molecular weight is 305 g/mol. The van der Waals surface area contributed by atoms with Crippen molar-refractivity contribution >= 4 is 23.7 Å². The van der Waals surface area contributed by atoms with Crippen molar-refractivity contribution in [2.45, 2.75) is 25.1 Å². The fraction of sp³-hybridized carbons (Fsp3) is 0.538. The van der Waals surface area contributed by atoms with Gasteiger partial charge >= 0.3 is 0 Å². The average Bonchev–Trinajstić information content (AvgIpc) is 3.04. The molecule has 3 rings (SSSR count). The summed E-state index contributed by atoms with van der Waals surface area (Å²) < 4.78 is 1.65. The third kappa shape index (κ3) is 2.80. The first-order valence-electron chi connectivity index (χ1n) is 7.01. The Morgan fingerprint density at radius 3 is 2.76 bits per heavy atom. The maximum Gasteiger partial charge on any atom is 0.257 e. The second kappa shape index (κ2) is 5.88. The van der Waals surface area contributed by atoms with E-state index in [4.69, 9.17) is 0 Å². The maximum absolute atomic E-state index is 4.59.